The van der Waals surface area contributed by atoms with Gasteiger partial charge in [0.1, 0.15) is 11.6 Å². The zero-order valence-electron chi connectivity index (χ0n) is 11.4. The Morgan fingerprint density at radius 3 is 2.80 bits per heavy atom. The van der Waals surface area contributed by atoms with Gasteiger partial charge in [0.05, 0.1) is 10.7 Å². The molecule has 0 bridgehead atoms. The SMILES string of the molecule is CC(C)CN/C=C(/C#N)C(=O)Nc1ccc(N)cc1Cl. The Bertz CT molecular complexity index is 561. The molecule has 1 aromatic rings. The summed E-state index contributed by atoms with van der Waals surface area (Å²) in [7, 11) is 0. The van der Waals surface area contributed by atoms with E-state index in [2.05, 4.69) is 10.6 Å². The second-order valence-electron chi connectivity index (χ2n) is 4.67. The van der Waals surface area contributed by atoms with Crippen molar-refractivity contribution in [1.29, 1.82) is 5.26 Å². The van der Waals surface area contributed by atoms with Crippen LogP contribution in [0, 0.1) is 17.2 Å². The molecule has 20 heavy (non-hydrogen) atoms. The van der Waals surface area contributed by atoms with Crippen LogP contribution >= 0.6 is 11.6 Å². The fourth-order valence-corrected chi connectivity index (χ4v) is 1.60. The first-order valence-corrected chi connectivity index (χ1v) is 6.52. The van der Waals surface area contributed by atoms with Crippen molar-refractivity contribution in [3.8, 4) is 6.07 Å². The lowest BCUT2D eigenvalue weighted by Crippen LogP contribution is -2.19. The van der Waals surface area contributed by atoms with Gasteiger partial charge in [-0.2, -0.15) is 5.26 Å². The van der Waals surface area contributed by atoms with E-state index < -0.39 is 5.91 Å². The third-order valence-corrected chi connectivity index (χ3v) is 2.69. The molecule has 6 heteroatoms. The third kappa shape index (κ3) is 4.82. The van der Waals surface area contributed by atoms with Gasteiger partial charge in [0, 0.05) is 18.4 Å². The zero-order valence-corrected chi connectivity index (χ0v) is 12.2. The van der Waals surface area contributed by atoms with E-state index in [-0.39, 0.29) is 5.57 Å². The minimum atomic E-state index is -0.518. The summed E-state index contributed by atoms with van der Waals surface area (Å²) in [4.78, 5) is 11.9. The highest BCUT2D eigenvalue weighted by Gasteiger charge is 2.11. The van der Waals surface area contributed by atoms with Crippen LogP contribution in [0.1, 0.15) is 13.8 Å². The van der Waals surface area contributed by atoms with Crippen molar-refractivity contribution in [3.63, 3.8) is 0 Å². The quantitative estimate of drug-likeness (QED) is 0.442. The number of carbonyl (C=O) groups excluding carboxylic acids is 1. The van der Waals surface area contributed by atoms with Crippen LogP contribution in [0.25, 0.3) is 0 Å². The molecule has 0 fully saturated rings. The number of hydrogen-bond donors (Lipinski definition) is 3. The van der Waals surface area contributed by atoms with Crippen molar-refractivity contribution >= 4 is 28.9 Å². The molecule has 0 saturated heterocycles. The van der Waals surface area contributed by atoms with Crippen LogP contribution < -0.4 is 16.4 Å². The third-order valence-electron chi connectivity index (χ3n) is 2.38. The number of halogens is 1. The van der Waals surface area contributed by atoms with E-state index in [0.717, 1.165) is 0 Å². The first-order chi connectivity index (χ1) is 9.43. The number of nitrogens with zero attached hydrogens (tertiary/aromatic N) is 1. The molecule has 4 N–H and O–H groups in total. The van der Waals surface area contributed by atoms with Crippen molar-refractivity contribution in [2.24, 2.45) is 5.92 Å². The maximum Gasteiger partial charge on any atom is 0.267 e. The highest BCUT2D eigenvalue weighted by molar-refractivity contribution is 6.34. The average molecular weight is 293 g/mol. The van der Waals surface area contributed by atoms with Crippen molar-refractivity contribution in [2.45, 2.75) is 13.8 Å². The molecule has 0 aliphatic rings. The van der Waals surface area contributed by atoms with Crippen LogP contribution in [0.3, 0.4) is 0 Å². The maximum atomic E-state index is 11.9. The number of hydrogen-bond acceptors (Lipinski definition) is 4. The summed E-state index contributed by atoms with van der Waals surface area (Å²) >= 11 is 5.95. The standard InChI is InChI=1S/C14H17ClN4O/c1-9(2)7-18-8-10(6-16)14(20)19-13-4-3-11(17)5-12(13)15/h3-5,8-9,18H,7,17H2,1-2H3,(H,19,20)/b10-8-. The Kier molecular flexibility index (Phi) is 5.88. The summed E-state index contributed by atoms with van der Waals surface area (Å²) in [5.41, 5.74) is 6.47. The van der Waals surface area contributed by atoms with Crippen molar-refractivity contribution < 1.29 is 4.79 Å². The van der Waals surface area contributed by atoms with Gasteiger partial charge >= 0.3 is 0 Å². The summed E-state index contributed by atoms with van der Waals surface area (Å²) in [5, 5.41) is 14.8. The number of rotatable bonds is 5. The first kappa shape index (κ1) is 15.9. The molecule has 0 aliphatic heterocycles. The maximum absolute atomic E-state index is 11.9. The van der Waals surface area contributed by atoms with E-state index in [9.17, 15) is 4.79 Å². The van der Waals surface area contributed by atoms with Gasteiger partial charge in [0.15, 0.2) is 0 Å². The molecule has 0 radical (unpaired) electrons. The Morgan fingerprint density at radius 2 is 2.25 bits per heavy atom. The number of benzene rings is 1. The predicted octanol–water partition coefficient (Wildman–Crippen LogP) is 2.51. The summed E-state index contributed by atoms with van der Waals surface area (Å²) < 4.78 is 0. The monoisotopic (exact) mass is 292 g/mol. The van der Waals surface area contributed by atoms with Crippen LogP contribution in [-0.4, -0.2) is 12.5 Å². The molecule has 0 spiro atoms. The van der Waals surface area contributed by atoms with Gasteiger partial charge in [0.2, 0.25) is 0 Å². The number of nitriles is 1. The number of nitrogens with two attached hydrogens (primary N) is 1. The largest absolute Gasteiger partial charge is 0.399 e. The molecule has 1 aromatic carbocycles. The van der Waals surface area contributed by atoms with Crippen LogP contribution in [0.5, 0.6) is 0 Å². The van der Waals surface area contributed by atoms with Crippen molar-refractivity contribution in [2.75, 3.05) is 17.6 Å². The second kappa shape index (κ2) is 7.41. The minimum Gasteiger partial charge on any atom is -0.399 e. The van der Waals surface area contributed by atoms with Gasteiger partial charge < -0.3 is 16.4 Å². The van der Waals surface area contributed by atoms with E-state index in [0.29, 0.717) is 28.9 Å². The van der Waals surface area contributed by atoms with E-state index in [4.69, 9.17) is 22.6 Å². The number of anilines is 2. The van der Waals surface area contributed by atoms with Gasteiger partial charge in [0.25, 0.3) is 5.91 Å². The van der Waals surface area contributed by atoms with Crippen LogP contribution in [0.15, 0.2) is 30.0 Å². The molecule has 1 amide bonds. The minimum absolute atomic E-state index is 0.0152. The summed E-state index contributed by atoms with van der Waals surface area (Å²) in [6.45, 7) is 4.74. The molecule has 106 valence electrons. The lowest BCUT2D eigenvalue weighted by molar-refractivity contribution is -0.112. The van der Waals surface area contributed by atoms with Crippen LogP contribution in [0.4, 0.5) is 11.4 Å². The molecular weight excluding hydrogens is 276 g/mol. The highest BCUT2D eigenvalue weighted by atomic mass is 35.5. The lowest BCUT2D eigenvalue weighted by Gasteiger charge is -2.08. The number of carbonyl (C=O) groups is 1. The Morgan fingerprint density at radius 1 is 1.55 bits per heavy atom. The summed E-state index contributed by atoms with van der Waals surface area (Å²) in [6.07, 6.45) is 1.40. The topological polar surface area (TPSA) is 90.9 Å². The molecular formula is C14H17ClN4O. The molecule has 0 heterocycles. The number of amides is 1. The fourth-order valence-electron chi connectivity index (χ4n) is 1.37. The van der Waals surface area contributed by atoms with E-state index in [1.54, 1.807) is 12.1 Å². The zero-order chi connectivity index (χ0) is 15.1. The van der Waals surface area contributed by atoms with Gasteiger partial charge in [-0.1, -0.05) is 25.4 Å². The highest BCUT2D eigenvalue weighted by Crippen LogP contribution is 2.24. The molecule has 0 aliphatic carbocycles. The van der Waals surface area contributed by atoms with Crippen molar-refractivity contribution in [3.05, 3.63) is 35.0 Å². The number of nitrogens with one attached hydrogen (secondary N) is 2. The first-order valence-electron chi connectivity index (χ1n) is 6.14. The Balaban J connectivity index is 2.75. The summed E-state index contributed by atoms with van der Waals surface area (Å²) in [6, 6.07) is 6.59. The lowest BCUT2D eigenvalue weighted by atomic mass is 10.2. The van der Waals surface area contributed by atoms with Crippen LogP contribution in [0.2, 0.25) is 5.02 Å². The van der Waals surface area contributed by atoms with Gasteiger partial charge in [-0.05, 0) is 24.1 Å². The molecule has 5 nitrogen and oxygen atoms in total. The fraction of sp³-hybridized carbons (Fsp3) is 0.286. The average Bonchev–Trinajstić information content (AvgIpc) is 2.37. The molecule has 0 atom stereocenters. The molecule has 1 rings (SSSR count). The smallest absolute Gasteiger partial charge is 0.267 e. The normalized spacial score (nSPS) is 11.1. The Hall–Kier alpha value is -2.19. The van der Waals surface area contributed by atoms with Gasteiger partial charge in [-0.3, -0.25) is 4.79 Å². The second-order valence-corrected chi connectivity index (χ2v) is 5.07. The van der Waals surface area contributed by atoms with Gasteiger partial charge in [-0.15, -0.1) is 0 Å². The molecule has 0 saturated carbocycles. The molecule has 0 aromatic heterocycles. The predicted molar refractivity (Wildman–Crippen MR) is 81.0 cm³/mol. The number of nitrogen functional groups attached to an aromatic ring is 1. The molecule has 0 unspecified atom stereocenters. The van der Waals surface area contributed by atoms with Gasteiger partial charge in [-0.25, -0.2) is 0 Å². The van der Waals surface area contributed by atoms with E-state index >= 15 is 0 Å². The van der Waals surface area contributed by atoms with E-state index in [1.807, 2.05) is 19.9 Å². The van der Waals surface area contributed by atoms with Crippen LogP contribution in [-0.2, 0) is 4.79 Å². The Labute approximate surface area is 123 Å². The van der Waals surface area contributed by atoms with E-state index in [1.165, 1.54) is 12.3 Å². The van der Waals surface area contributed by atoms with Crippen molar-refractivity contribution in [1.82, 2.24) is 5.32 Å². The summed E-state index contributed by atoms with van der Waals surface area (Å²) in [5.74, 6) is -0.101.